The Morgan fingerprint density at radius 1 is 0.667 bits per heavy atom. The number of rotatable bonds is 3. The Hall–Kier alpha value is -3.15. The second kappa shape index (κ2) is 15.1. The first-order valence-corrected chi connectivity index (χ1v) is 7.73. The van der Waals surface area contributed by atoms with E-state index >= 15 is 0 Å². The first kappa shape index (κ1) is 26.1. The number of methoxy groups -OCH3 is 2. The van der Waals surface area contributed by atoms with Crippen LogP contribution >= 0.6 is 0 Å². The summed E-state index contributed by atoms with van der Waals surface area (Å²) in [7, 11) is 3.26. The molecule has 0 aliphatic heterocycles. The van der Waals surface area contributed by atoms with E-state index in [9.17, 15) is 14.4 Å². The summed E-state index contributed by atoms with van der Waals surface area (Å²) in [4.78, 5) is 30.4. The monoisotopic (exact) mass is 376 g/mol. The number of benzene rings is 2. The van der Waals surface area contributed by atoms with Crippen LogP contribution in [0.2, 0.25) is 0 Å². The van der Waals surface area contributed by atoms with E-state index in [1.165, 1.54) is 13.8 Å². The molecule has 0 fully saturated rings. The molecule has 148 valence electrons. The van der Waals surface area contributed by atoms with Gasteiger partial charge in [-0.3, -0.25) is 14.4 Å². The van der Waals surface area contributed by atoms with Gasteiger partial charge >= 0.3 is 11.9 Å². The predicted octanol–water partition coefficient (Wildman–Crippen LogP) is 4.33. The molecule has 0 heterocycles. The Balaban J connectivity index is 0. The highest BCUT2D eigenvalue weighted by Gasteiger charge is 1.97. The Morgan fingerprint density at radius 3 is 1.33 bits per heavy atom. The van der Waals surface area contributed by atoms with Crippen LogP contribution in [0.5, 0.6) is 11.5 Å². The molecule has 0 aliphatic rings. The van der Waals surface area contributed by atoms with E-state index in [2.05, 4.69) is 4.74 Å². The van der Waals surface area contributed by atoms with Gasteiger partial charge in [-0.2, -0.15) is 0 Å². The van der Waals surface area contributed by atoms with E-state index in [1.807, 2.05) is 30.3 Å². The van der Waals surface area contributed by atoms with Gasteiger partial charge in [0, 0.05) is 19.4 Å². The third-order valence-electron chi connectivity index (χ3n) is 2.76. The first-order valence-electron chi connectivity index (χ1n) is 7.73. The van der Waals surface area contributed by atoms with Crippen LogP contribution in [-0.2, 0) is 14.3 Å². The highest BCUT2D eigenvalue weighted by atomic mass is 16.6. The van der Waals surface area contributed by atoms with Gasteiger partial charge in [0.2, 0.25) is 0 Å². The molecule has 27 heavy (non-hydrogen) atoms. The Bertz CT molecular complexity index is 666. The molecule has 2 rings (SSSR count). The lowest BCUT2D eigenvalue weighted by atomic mass is 10.1. The summed E-state index contributed by atoms with van der Waals surface area (Å²) in [5.41, 5.74) is 0.714. The molecular formula is C21H28O6. The van der Waals surface area contributed by atoms with Gasteiger partial charge in [0.25, 0.3) is 0 Å². The van der Waals surface area contributed by atoms with Gasteiger partial charge in [-0.05, 0) is 43.3 Å². The highest BCUT2D eigenvalue weighted by molar-refractivity contribution is 5.94. The van der Waals surface area contributed by atoms with E-state index in [0.717, 1.165) is 11.5 Å². The maximum atomic E-state index is 10.8. The molecule has 0 saturated carbocycles. The van der Waals surface area contributed by atoms with Gasteiger partial charge in [-0.1, -0.05) is 25.6 Å². The molecule has 0 spiro atoms. The fourth-order valence-corrected chi connectivity index (χ4v) is 1.58. The summed E-state index contributed by atoms with van der Waals surface area (Å²) in [6.45, 7) is 3.91. The summed E-state index contributed by atoms with van der Waals surface area (Å²) in [5.74, 6) is 0.634. The van der Waals surface area contributed by atoms with Crippen molar-refractivity contribution in [2.24, 2.45) is 0 Å². The zero-order valence-corrected chi connectivity index (χ0v) is 15.6. The molecule has 6 nitrogen and oxygen atoms in total. The molecule has 0 N–H and O–H groups in total. The smallest absolute Gasteiger partial charge is 0.310 e. The number of carbonyl (C=O) groups is 3. The van der Waals surface area contributed by atoms with Crippen molar-refractivity contribution in [3.05, 3.63) is 60.2 Å². The molecule has 0 aliphatic carbocycles. The lowest BCUT2D eigenvalue weighted by molar-refractivity contribution is -0.156. The van der Waals surface area contributed by atoms with Gasteiger partial charge in [0.15, 0.2) is 5.78 Å². The number of hydrogen-bond donors (Lipinski definition) is 0. The van der Waals surface area contributed by atoms with Gasteiger partial charge in [-0.25, -0.2) is 0 Å². The molecule has 0 amide bonds. The van der Waals surface area contributed by atoms with Crippen molar-refractivity contribution < 1.29 is 28.6 Å². The topological polar surface area (TPSA) is 78.9 Å². The predicted molar refractivity (Wildman–Crippen MR) is 105 cm³/mol. The number of ether oxygens (including phenoxy) is 3. The van der Waals surface area contributed by atoms with E-state index in [4.69, 9.17) is 9.47 Å². The van der Waals surface area contributed by atoms with Crippen molar-refractivity contribution in [1.29, 1.82) is 0 Å². The lowest BCUT2D eigenvalue weighted by Gasteiger charge is -1.98. The number of esters is 2. The summed E-state index contributed by atoms with van der Waals surface area (Å²) in [6.07, 6.45) is 0. The molecular weight excluding hydrogens is 348 g/mol. The van der Waals surface area contributed by atoms with E-state index in [1.54, 1.807) is 45.4 Å². The number of Topliss-reactive ketones (excluding diaryl/α,β-unsaturated/α-hetero) is 1. The molecule has 0 saturated heterocycles. The quantitative estimate of drug-likeness (QED) is 0.451. The molecule has 0 radical (unpaired) electrons. The van der Waals surface area contributed by atoms with Crippen LogP contribution in [0.1, 0.15) is 38.6 Å². The molecule has 0 aromatic heterocycles. The summed E-state index contributed by atoms with van der Waals surface area (Å²) in [6, 6.07) is 16.7. The minimum absolute atomic E-state index is 0. The number of para-hydroxylation sites is 1. The van der Waals surface area contributed by atoms with Crippen LogP contribution in [0.25, 0.3) is 0 Å². The maximum absolute atomic E-state index is 10.8. The van der Waals surface area contributed by atoms with Crippen molar-refractivity contribution in [3.63, 3.8) is 0 Å². The van der Waals surface area contributed by atoms with Crippen LogP contribution in [0.3, 0.4) is 0 Å². The van der Waals surface area contributed by atoms with Crippen LogP contribution in [0.15, 0.2) is 54.6 Å². The van der Waals surface area contributed by atoms with Crippen molar-refractivity contribution in [2.45, 2.75) is 28.2 Å². The van der Waals surface area contributed by atoms with Gasteiger partial charge < -0.3 is 14.2 Å². The third kappa shape index (κ3) is 13.8. The lowest BCUT2D eigenvalue weighted by Crippen LogP contribution is -2.03. The van der Waals surface area contributed by atoms with Crippen LogP contribution in [0.4, 0.5) is 0 Å². The fourth-order valence-electron chi connectivity index (χ4n) is 1.58. The zero-order valence-electron chi connectivity index (χ0n) is 15.6. The summed E-state index contributed by atoms with van der Waals surface area (Å²) < 4.78 is 13.8. The van der Waals surface area contributed by atoms with Gasteiger partial charge in [0.1, 0.15) is 11.5 Å². The van der Waals surface area contributed by atoms with E-state index in [0.29, 0.717) is 5.56 Å². The van der Waals surface area contributed by atoms with Crippen molar-refractivity contribution in [3.8, 4) is 11.5 Å². The average Bonchev–Trinajstić information content (AvgIpc) is 2.62. The second-order valence-corrected chi connectivity index (χ2v) is 4.89. The van der Waals surface area contributed by atoms with Crippen LogP contribution < -0.4 is 9.47 Å². The Labute approximate surface area is 161 Å². The second-order valence-electron chi connectivity index (χ2n) is 4.89. The standard InChI is InChI=1S/C9H10O2.C7H8O.C4H6O3.CH4/c1-7(10)8-3-5-9(11-2)6-4-8;1-8-7-5-3-2-4-6-7;1-3(5)7-4(2)6;/h3-6H,1-2H3;2-6H,1H3;1-2H3;1H4. The number of hydrogen-bond acceptors (Lipinski definition) is 6. The largest absolute Gasteiger partial charge is 0.497 e. The maximum Gasteiger partial charge on any atom is 0.310 e. The minimum atomic E-state index is -0.562. The van der Waals surface area contributed by atoms with Crippen molar-refractivity contribution in [2.75, 3.05) is 14.2 Å². The molecule has 2 aromatic carbocycles. The van der Waals surface area contributed by atoms with Gasteiger partial charge in [-0.15, -0.1) is 0 Å². The first-order chi connectivity index (χ1) is 12.3. The molecule has 2 aromatic rings. The average molecular weight is 376 g/mol. The normalized spacial score (nSPS) is 8.33. The minimum Gasteiger partial charge on any atom is -0.497 e. The van der Waals surface area contributed by atoms with Gasteiger partial charge in [0.05, 0.1) is 14.2 Å². The third-order valence-corrected chi connectivity index (χ3v) is 2.76. The Kier molecular flexibility index (Phi) is 14.6. The van der Waals surface area contributed by atoms with Crippen molar-refractivity contribution >= 4 is 17.7 Å². The van der Waals surface area contributed by atoms with Crippen LogP contribution in [-0.4, -0.2) is 31.9 Å². The molecule has 0 atom stereocenters. The number of ketones is 1. The van der Waals surface area contributed by atoms with E-state index < -0.39 is 11.9 Å². The van der Waals surface area contributed by atoms with Crippen LogP contribution in [0, 0.1) is 0 Å². The molecule has 0 unspecified atom stereocenters. The summed E-state index contributed by atoms with van der Waals surface area (Å²) >= 11 is 0. The zero-order chi connectivity index (χ0) is 19.9. The van der Waals surface area contributed by atoms with Crippen molar-refractivity contribution in [1.82, 2.24) is 0 Å². The summed E-state index contributed by atoms with van der Waals surface area (Å²) in [5, 5.41) is 0. The fraction of sp³-hybridized carbons (Fsp3) is 0.286. The molecule has 0 bridgehead atoms. The molecule has 6 heteroatoms. The SMILES string of the molecule is C.CC(=O)OC(C)=O.COc1ccc(C(C)=O)cc1.COc1ccccc1. The number of carbonyl (C=O) groups excluding carboxylic acids is 3. The Morgan fingerprint density at radius 2 is 1.07 bits per heavy atom. The van der Waals surface area contributed by atoms with E-state index in [-0.39, 0.29) is 13.2 Å². The highest BCUT2D eigenvalue weighted by Crippen LogP contribution is 2.11.